The number of hydrogen-bond acceptors (Lipinski definition) is 8. The molecule has 0 fully saturated rings. The molecule has 0 aromatic heterocycles. The van der Waals surface area contributed by atoms with E-state index < -0.39 is 24.4 Å². The molecule has 0 bridgehead atoms. The molecule has 0 rings (SSSR count). The van der Waals surface area contributed by atoms with Crippen LogP contribution < -0.4 is 0 Å². The molecule has 0 aliphatic heterocycles. The van der Waals surface area contributed by atoms with Gasteiger partial charge in [0, 0.05) is 12.8 Å². The van der Waals surface area contributed by atoms with E-state index in [1.54, 1.807) is 0 Å². The molecule has 0 saturated carbocycles. The largest absolute Gasteiger partial charge is 0.466 e. The van der Waals surface area contributed by atoms with Crippen LogP contribution in [0.15, 0.2) is 0 Å². The molecule has 0 aromatic rings. The Morgan fingerprint density at radius 1 is 0.360 bits per heavy atom. The Balaban J connectivity index is 3.47. The van der Waals surface area contributed by atoms with Gasteiger partial charge in [0.1, 0.15) is 0 Å². The van der Waals surface area contributed by atoms with E-state index >= 15 is 0 Å². The van der Waals surface area contributed by atoms with Crippen molar-refractivity contribution in [1.29, 1.82) is 0 Å². The molecule has 0 radical (unpaired) electrons. The molecule has 8 heteroatoms. The maximum atomic E-state index is 12.0. The number of aliphatic hydroxyl groups excluding tert-OH is 4. The molecule has 4 atom stereocenters. The highest BCUT2D eigenvalue weighted by Crippen LogP contribution is 2.17. The van der Waals surface area contributed by atoms with Crippen molar-refractivity contribution in [3.63, 3.8) is 0 Å². The molecule has 0 aliphatic carbocycles. The van der Waals surface area contributed by atoms with E-state index in [0.29, 0.717) is 51.7 Å². The summed E-state index contributed by atoms with van der Waals surface area (Å²) in [6.07, 6.45) is 28.3. The summed E-state index contributed by atoms with van der Waals surface area (Å²) in [7, 11) is 0. The van der Waals surface area contributed by atoms with Crippen molar-refractivity contribution in [3.8, 4) is 0 Å². The molecular weight excluding hydrogens is 632 g/mol. The first-order chi connectivity index (χ1) is 24.3. The second kappa shape index (κ2) is 37.5. The molecule has 0 saturated heterocycles. The van der Waals surface area contributed by atoms with Gasteiger partial charge < -0.3 is 29.9 Å². The number of carbonyl (C=O) groups is 2. The third-order valence-corrected chi connectivity index (χ3v) is 9.92. The topological polar surface area (TPSA) is 134 Å². The fourth-order valence-corrected chi connectivity index (χ4v) is 6.42. The lowest BCUT2D eigenvalue weighted by Gasteiger charge is -2.17. The van der Waals surface area contributed by atoms with Crippen LogP contribution in [0.1, 0.15) is 219 Å². The Hall–Kier alpha value is -1.22. The lowest BCUT2D eigenvalue weighted by Crippen LogP contribution is -2.25. The highest BCUT2D eigenvalue weighted by molar-refractivity contribution is 5.69. The number of carbonyl (C=O) groups excluding carboxylic acids is 2. The molecule has 0 heterocycles. The van der Waals surface area contributed by atoms with Crippen LogP contribution >= 0.6 is 0 Å². The van der Waals surface area contributed by atoms with Gasteiger partial charge in [-0.3, -0.25) is 9.59 Å². The summed E-state index contributed by atoms with van der Waals surface area (Å²) in [4.78, 5) is 24.0. The summed E-state index contributed by atoms with van der Waals surface area (Å²) in [5.74, 6) is -0.273. The van der Waals surface area contributed by atoms with Crippen LogP contribution in [0.25, 0.3) is 0 Å². The van der Waals surface area contributed by atoms with E-state index in [2.05, 4.69) is 13.8 Å². The Bertz CT molecular complexity index is 673. The van der Waals surface area contributed by atoms with E-state index in [1.807, 2.05) is 0 Å². The van der Waals surface area contributed by atoms with E-state index in [1.165, 1.54) is 51.4 Å². The van der Waals surface area contributed by atoms with E-state index in [-0.39, 0.29) is 11.9 Å². The van der Waals surface area contributed by atoms with Gasteiger partial charge in [0.15, 0.2) is 0 Å². The molecule has 0 amide bonds. The van der Waals surface area contributed by atoms with Crippen LogP contribution in [0.2, 0.25) is 0 Å². The average Bonchev–Trinajstić information content (AvgIpc) is 3.10. The van der Waals surface area contributed by atoms with Gasteiger partial charge in [0.05, 0.1) is 37.6 Å². The lowest BCUT2D eigenvalue weighted by atomic mass is 9.99. The molecular formula is C42H82O8. The van der Waals surface area contributed by atoms with Crippen LogP contribution in [0, 0.1) is 0 Å². The molecule has 298 valence electrons. The number of aliphatic hydroxyl groups is 4. The Morgan fingerprint density at radius 2 is 0.600 bits per heavy atom. The first-order valence-corrected chi connectivity index (χ1v) is 21.3. The quantitative estimate of drug-likeness (QED) is 0.0365. The highest BCUT2D eigenvalue weighted by Gasteiger charge is 2.16. The second-order valence-corrected chi connectivity index (χ2v) is 14.9. The van der Waals surface area contributed by atoms with E-state index in [0.717, 1.165) is 116 Å². The minimum atomic E-state index is -0.624. The van der Waals surface area contributed by atoms with E-state index in [4.69, 9.17) is 9.47 Å². The molecule has 0 aromatic carbocycles. The van der Waals surface area contributed by atoms with Crippen molar-refractivity contribution < 1.29 is 39.5 Å². The molecule has 0 aliphatic rings. The second-order valence-electron chi connectivity index (χ2n) is 14.9. The Kier molecular flexibility index (Phi) is 36.6. The van der Waals surface area contributed by atoms with Crippen molar-refractivity contribution in [3.05, 3.63) is 0 Å². The van der Waals surface area contributed by atoms with Gasteiger partial charge in [-0.25, -0.2) is 0 Å². The van der Waals surface area contributed by atoms with Crippen molar-refractivity contribution in [1.82, 2.24) is 0 Å². The van der Waals surface area contributed by atoms with Gasteiger partial charge in [0.25, 0.3) is 0 Å². The van der Waals surface area contributed by atoms with Crippen LogP contribution in [0.4, 0.5) is 0 Å². The SMILES string of the molecule is CCCCCCCCC(O)C(O)CCCCCCCC(=O)OCCCCCCOC(=O)CCCCCCCC(O)C(O)CCCCCCCC. The minimum absolute atomic E-state index is 0.137. The van der Waals surface area contributed by atoms with Crippen molar-refractivity contribution >= 4 is 11.9 Å². The maximum absolute atomic E-state index is 12.0. The monoisotopic (exact) mass is 715 g/mol. The van der Waals surface area contributed by atoms with Crippen LogP contribution in [0.3, 0.4) is 0 Å². The normalized spacial score (nSPS) is 14.0. The minimum Gasteiger partial charge on any atom is -0.466 e. The number of ether oxygens (including phenoxy) is 2. The summed E-state index contributed by atoms with van der Waals surface area (Å²) in [6, 6.07) is 0. The van der Waals surface area contributed by atoms with Crippen molar-refractivity contribution in [2.75, 3.05) is 13.2 Å². The molecule has 0 spiro atoms. The van der Waals surface area contributed by atoms with Gasteiger partial charge in [-0.2, -0.15) is 0 Å². The smallest absolute Gasteiger partial charge is 0.305 e. The fourth-order valence-electron chi connectivity index (χ4n) is 6.42. The van der Waals surface area contributed by atoms with Gasteiger partial charge >= 0.3 is 11.9 Å². The lowest BCUT2D eigenvalue weighted by molar-refractivity contribution is -0.145. The zero-order valence-electron chi connectivity index (χ0n) is 32.8. The van der Waals surface area contributed by atoms with Gasteiger partial charge in [-0.05, 0) is 64.2 Å². The predicted molar refractivity (Wildman–Crippen MR) is 205 cm³/mol. The van der Waals surface area contributed by atoms with Crippen LogP contribution in [0.5, 0.6) is 0 Å². The zero-order chi connectivity index (χ0) is 36.9. The maximum Gasteiger partial charge on any atom is 0.305 e. The number of unbranched alkanes of at least 4 members (excludes halogenated alkanes) is 21. The number of rotatable bonds is 39. The van der Waals surface area contributed by atoms with Gasteiger partial charge in [-0.1, -0.05) is 142 Å². The Morgan fingerprint density at radius 3 is 0.900 bits per heavy atom. The van der Waals surface area contributed by atoms with Crippen LogP contribution in [-0.4, -0.2) is 70.0 Å². The number of esters is 2. The third-order valence-electron chi connectivity index (χ3n) is 9.92. The standard InChI is InChI=1S/C42H82O8/c1-3-5-7-9-13-21-29-37(43)39(45)31-23-15-11-17-25-33-41(47)49-35-27-19-20-28-36-50-42(48)34-26-18-12-16-24-32-40(46)38(44)30-22-14-10-8-6-4-2/h37-40,43-46H,3-36H2,1-2H3. The summed E-state index contributed by atoms with van der Waals surface area (Å²) < 4.78 is 10.7. The Labute approximate surface area is 307 Å². The van der Waals surface area contributed by atoms with Gasteiger partial charge in [-0.15, -0.1) is 0 Å². The average molecular weight is 715 g/mol. The summed E-state index contributed by atoms with van der Waals surface area (Å²) >= 11 is 0. The fraction of sp³-hybridized carbons (Fsp3) is 0.952. The summed E-state index contributed by atoms with van der Waals surface area (Å²) in [5, 5.41) is 40.7. The predicted octanol–water partition coefficient (Wildman–Crippen LogP) is 10.0. The highest BCUT2D eigenvalue weighted by atomic mass is 16.5. The summed E-state index contributed by atoms with van der Waals surface area (Å²) in [6.45, 7) is 5.29. The third kappa shape index (κ3) is 33.9. The zero-order valence-corrected chi connectivity index (χ0v) is 32.8. The first kappa shape index (κ1) is 48.8. The first-order valence-electron chi connectivity index (χ1n) is 21.3. The molecule has 50 heavy (non-hydrogen) atoms. The molecule has 8 nitrogen and oxygen atoms in total. The van der Waals surface area contributed by atoms with Crippen molar-refractivity contribution in [2.45, 2.75) is 244 Å². The van der Waals surface area contributed by atoms with Crippen molar-refractivity contribution in [2.24, 2.45) is 0 Å². The molecule has 4 unspecified atom stereocenters. The number of hydrogen-bond donors (Lipinski definition) is 4. The van der Waals surface area contributed by atoms with E-state index in [9.17, 15) is 30.0 Å². The van der Waals surface area contributed by atoms with Crippen LogP contribution in [-0.2, 0) is 19.1 Å². The van der Waals surface area contributed by atoms with Gasteiger partial charge in [0.2, 0.25) is 0 Å². The molecule has 4 N–H and O–H groups in total. The summed E-state index contributed by atoms with van der Waals surface area (Å²) in [5.41, 5.74) is 0.